The average molecular weight is 194 g/mol. The zero-order valence-corrected chi connectivity index (χ0v) is 7.92. The lowest BCUT2D eigenvalue weighted by Gasteiger charge is -2.09. The number of H-pyrrole nitrogens is 1. The fourth-order valence-electron chi connectivity index (χ4n) is 1.91. The number of rotatable bonds is 1. The van der Waals surface area contributed by atoms with E-state index in [0.29, 0.717) is 11.7 Å². The van der Waals surface area contributed by atoms with Crippen LogP contribution in [0.5, 0.6) is 0 Å². The number of nitrogens with zero attached hydrogens (tertiary/aromatic N) is 1. The fourth-order valence-corrected chi connectivity index (χ4v) is 1.91. The molecule has 0 spiro atoms. The molecule has 0 bridgehead atoms. The Balaban J connectivity index is 2.39. The Labute approximate surface area is 81.5 Å². The van der Waals surface area contributed by atoms with E-state index in [0.717, 1.165) is 12.8 Å². The summed E-state index contributed by atoms with van der Waals surface area (Å²) in [7, 11) is 0. The molecule has 5 heteroatoms. The van der Waals surface area contributed by atoms with Crippen molar-refractivity contribution in [1.82, 2.24) is 9.97 Å². The van der Waals surface area contributed by atoms with Gasteiger partial charge in [-0.3, -0.25) is 4.79 Å². The summed E-state index contributed by atoms with van der Waals surface area (Å²) in [5.41, 5.74) is 10.7. The van der Waals surface area contributed by atoms with Gasteiger partial charge in [-0.2, -0.15) is 0 Å². The van der Waals surface area contributed by atoms with E-state index in [1.165, 1.54) is 12.8 Å². The van der Waals surface area contributed by atoms with Gasteiger partial charge in [-0.05, 0) is 12.8 Å². The number of hydrogen-bond acceptors (Lipinski definition) is 4. The van der Waals surface area contributed by atoms with Crippen molar-refractivity contribution in [2.75, 3.05) is 11.5 Å². The molecule has 0 amide bonds. The first kappa shape index (κ1) is 9.05. The lowest BCUT2D eigenvalue weighted by Crippen LogP contribution is -2.19. The molecule has 5 N–H and O–H groups in total. The van der Waals surface area contributed by atoms with E-state index in [4.69, 9.17) is 11.5 Å². The van der Waals surface area contributed by atoms with Gasteiger partial charge in [-0.15, -0.1) is 0 Å². The van der Waals surface area contributed by atoms with Gasteiger partial charge in [-0.1, -0.05) is 12.8 Å². The molecule has 0 radical (unpaired) electrons. The van der Waals surface area contributed by atoms with Gasteiger partial charge in [0.2, 0.25) is 0 Å². The van der Waals surface area contributed by atoms with Crippen molar-refractivity contribution in [3.63, 3.8) is 0 Å². The van der Waals surface area contributed by atoms with E-state index >= 15 is 0 Å². The van der Waals surface area contributed by atoms with Crippen LogP contribution in [0.3, 0.4) is 0 Å². The molecule has 1 aromatic rings. The molecule has 0 aromatic carbocycles. The highest BCUT2D eigenvalue weighted by atomic mass is 16.1. The number of hydrogen-bond donors (Lipinski definition) is 3. The van der Waals surface area contributed by atoms with Crippen LogP contribution in [0.2, 0.25) is 0 Å². The molecule has 0 atom stereocenters. The fraction of sp³-hybridized carbons (Fsp3) is 0.556. The smallest absolute Gasteiger partial charge is 0.276 e. The van der Waals surface area contributed by atoms with Gasteiger partial charge in [0.1, 0.15) is 11.5 Å². The summed E-state index contributed by atoms with van der Waals surface area (Å²) in [4.78, 5) is 18.1. The summed E-state index contributed by atoms with van der Waals surface area (Å²) < 4.78 is 0. The lowest BCUT2D eigenvalue weighted by atomic mass is 10.1. The number of anilines is 2. The van der Waals surface area contributed by atoms with E-state index in [1.54, 1.807) is 0 Å². The third kappa shape index (κ3) is 1.45. The summed E-state index contributed by atoms with van der Waals surface area (Å²) in [6, 6.07) is 0. The van der Waals surface area contributed by atoms with Gasteiger partial charge in [0.05, 0.1) is 0 Å². The predicted molar refractivity (Wildman–Crippen MR) is 54.9 cm³/mol. The average Bonchev–Trinajstić information content (AvgIpc) is 2.66. The Morgan fingerprint density at radius 3 is 2.50 bits per heavy atom. The van der Waals surface area contributed by atoms with Crippen molar-refractivity contribution >= 4 is 11.5 Å². The maximum atomic E-state index is 11.3. The summed E-state index contributed by atoms with van der Waals surface area (Å²) in [6.45, 7) is 0. The highest BCUT2D eigenvalue weighted by Crippen LogP contribution is 2.31. The first-order valence-corrected chi connectivity index (χ1v) is 4.83. The molecular weight excluding hydrogens is 180 g/mol. The van der Waals surface area contributed by atoms with E-state index < -0.39 is 0 Å². The van der Waals surface area contributed by atoms with Crippen LogP contribution in [0.15, 0.2) is 4.79 Å². The van der Waals surface area contributed by atoms with Crippen LogP contribution in [0, 0.1) is 0 Å². The molecule has 1 aliphatic carbocycles. The molecule has 1 aliphatic rings. The second kappa shape index (κ2) is 3.32. The van der Waals surface area contributed by atoms with E-state index in [9.17, 15) is 4.79 Å². The predicted octanol–water partition coefficient (Wildman–Crippen LogP) is 0.592. The molecule has 1 heterocycles. The van der Waals surface area contributed by atoms with Crippen molar-refractivity contribution < 1.29 is 0 Å². The van der Waals surface area contributed by atoms with Crippen molar-refractivity contribution in [2.45, 2.75) is 31.6 Å². The van der Waals surface area contributed by atoms with Crippen molar-refractivity contribution in [3.05, 3.63) is 16.2 Å². The Bertz CT molecular complexity index is 392. The maximum Gasteiger partial charge on any atom is 0.276 e. The van der Waals surface area contributed by atoms with Crippen molar-refractivity contribution in [3.8, 4) is 0 Å². The van der Waals surface area contributed by atoms with Crippen LogP contribution in [-0.2, 0) is 0 Å². The van der Waals surface area contributed by atoms with Crippen molar-refractivity contribution in [2.24, 2.45) is 0 Å². The minimum absolute atomic E-state index is 0.0201. The summed E-state index contributed by atoms with van der Waals surface area (Å²) >= 11 is 0. The first-order valence-electron chi connectivity index (χ1n) is 4.83. The number of nitrogens with one attached hydrogen (secondary N) is 1. The lowest BCUT2D eigenvalue weighted by molar-refractivity contribution is 0.666. The minimum atomic E-state index is -0.320. The summed E-state index contributed by atoms with van der Waals surface area (Å²) in [6.07, 6.45) is 4.54. The SMILES string of the molecule is Nc1nc(C2CCCC2)[nH]c(=O)c1N. The third-order valence-corrected chi connectivity index (χ3v) is 2.74. The molecule has 5 nitrogen and oxygen atoms in total. The molecule has 2 rings (SSSR count). The zero-order valence-electron chi connectivity index (χ0n) is 7.92. The number of aromatic amines is 1. The number of nitrogens with two attached hydrogens (primary N) is 2. The Hall–Kier alpha value is -1.52. The minimum Gasteiger partial charge on any atom is -0.391 e. The third-order valence-electron chi connectivity index (χ3n) is 2.74. The zero-order chi connectivity index (χ0) is 10.1. The monoisotopic (exact) mass is 194 g/mol. The molecular formula is C9H14N4O. The molecule has 1 aromatic heterocycles. The van der Waals surface area contributed by atoms with Gasteiger partial charge >= 0.3 is 0 Å². The van der Waals surface area contributed by atoms with E-state index in [1.807, 2.05) is 0 Å². The van der Waals surface area contributed by atoms with Crippen LogP contribution in [0.1, 0.15) is 37.4 Å². The van der Waals surface area contributed by atoms with Crippen molar-refractivity contribution in [1.29, 1.82) is 0 Å². The Kier molecular flexibility index (Phi) is 2.15. The van der Waals surface area contributed by atoms with Crippen LogP contribution in [0.25, 0.3) is 0 Å². The van der Waals surface area contributed by atoms with Crippen LogP contribution in [-0.4, -0.2) is 9.97 Å². The highest BCUT2D eigenvalue weighted by molar-refractivity contribution is 5.55. The van der Waals surface area contributed by atoms with Gasteiger partial charge in [0.25, 0.3) is 5.56 Å². The van der Waals surface area contributed by atoms with Crippen LogP contribution in [0.4, 0.5) is 11.5 Å². The maximum absolute atomic E-state index is 11.3. The highest BCUT2D eigenvalue weighted by Gasteiger charge is 2.20. The summed E-state index contributed by atoms with van der Waals surface area (Å²) in [5.74, 6) is 1.19. The van der Waals surface area contributed by atoms with E-state index in [2.05, 4.69) is 9.97 Å². The first-order chi connectivity index (χ1) is 6.68. The topological polar surface area (TPSA) is 97.8 Å². The Morgan fingerprint density at radius 2 is 1.93 bits per heavy atom. The van der Waals surface area contributed by atoms with Gasteiger partial charge in [0, 0.05) is 5.92 Å². The standard InChI is InChI=1S/C9H14N4O/c10-6-7(11)12-8(13-9(6)14)5-3-1-2-4-5/h5H,1-4,10H2,(H3,11,12,13,14). The molecule has 1 saturated carbocycles. The second-order valence-electron chi connectivity index (χ2n) is 3.73. The number of aromatic nitrogens is 2. The second-order valence-corrected chi connectivity index (χ2v) is 3.73. The molecule has 0 aliphatic heterocycles. The van der Waals surface area contributed by atoms with E-state index in [-0.39, 0.29) is 17.1 Å². The van der Waals surface area contributed by atoms with Gasteiger partial charge in [-0.25, -0.2) is 4.98 Å². The summed E-state index contributed by atoms with van der Waals surface area (Å²) in [5, 5.41) is 0. The molecule has 1 fully saturated rings. The molecule has 0 unspecified atom stereocenters. The molecule has 14 heavy (non-hydrogen) atoms. The quantitative estimate of drug-likeness (QED) is 0.609. The van der Waals surface area contributed by atoms with Crippen LogP contribution < -0.4 is 17.0 Å². The molecule has 76 valence electrons. The number of nitrogen functional groups attached to an aromatic ring is 2. The van der Waals surface area contributed by atoms with Crippen LogP contribution >= 0.6 is 0 Å². The largest absolute Gasteiger partial charge is 0.391 e. The van der Waals surface area contributed by atoms with Gasteiger partial charge < -0.3 is 16.5 Å². The molecule has 0 saturated heterocycles. The normalized spacial score (nSPS) is 17.4. The van der Waals surface area contributed by atoms with Gasteiger partial charge in [0.15, 0.2) is 5.82 Å². The Morgan fingerprint density at radius 1 is 1.29 bits per heavy atom.